The number of alkyl carbamates (subject to hydrolysis) is 1. The molecule has 49 heavy (non-hydrogen) atoms. The monoisotopic (exact) mass is 711 g/mol. The number of nitrogens with one attached hydrogen (secondary N) is 1. The molecule has 0 radical (unpaired) electrons. The predicted octanol–water partition coefficient (Wildman–Crippen LogP) is 5.89. The summed E-state index contributed by atoms with van der Waals surface area (Å²) in [7, 11) is -2.49. The van der Waals surface area contributed by atoms with Gasteiger partial charge in [0.05, 0.1) is 35.4 Å². The van der Waals surface area contributed by atoms with E-state index in [0.717, 1.165) is 10.9 Å². The summed E-state index contributed by atoms with van der Waals surface area (Å²) >= 11 is 6.06. The van der Waals surface area contributed by atoms with Gasteiger partial charge < -0.3 is 28.8 Å². The van der Waals surface area contributed by atoms with Crippen molar-refractivity contribution >= 4 is 54.6 Å². The number of benzene rings is 1. The van der Waals surface area contributed by atoms with E-state index in [2.05, 4.69) is 18.4 Å². The van der Waals surface area contributed by atoms with Gasteiger partial charge in [0.2, 0.25) is 5.60 Å². The van der Waals surface area contributed by atoms with Crippen molar-refractivity contribution in [2.24, 2.45) is 0 Å². The minimum atomic E-state index is -2.49. The lowest BCUT2D eigenvalue weighted by Gasteiger charge is -2.43. The molecule has 1 aromatic carbocycles. The molecule has 2 atom stereocenters. The van der Waals surface area contributed by atoms with Crippen LogP contribution in [-0.2, 0) is 40.7 Å². The highest BCUT2D eigenvalue weighted by atomic mass is 35.5. The topological polar surface area (TPSA) is 152 Å². The van der Waals surface area contributed by atoms with Gasteiger partial charge in [-0.25, -0.2) is 14.6 Å². The van der Waals surface area contributed by atoms with Crippen LogP contribution in [0.25, 0.3) is 22.3 Å². The smallest absolute Gasteiger partial charge is 0.407 e. The number of fused-ring (bicyclic) bond motifs is 5. The SMILES string of the molecule is CCC1(OC(=O)CCNC(=O)OC(C)(C)C)C(=O)OC([Si](C)(C)CCCCl)c2c1cc1n(c2=O)Cc2cc3cc(OC(C)=O)ccc3nc2-1. The van der Waals surface area contributed by atoms with E-state index in [1.54, 1.807) is 56.5 Å². The average molecular weight is 712 g/mol. The highest BCUT2D eigenvalue weighted by molar-refractivity contribution is 6.78. The molecule has 2 aromatic heterocycles. The molecule has 262 valence electrons. The van der Waals surface area contributed by atoms with Crippen molar-refractivity contribution in [3.05, 3.63) is 57.4 Å². The van der Waals surface area contributed by atoms with Gasteiger partial charge in [-0.05, 0) is 63.9 Å². The van der Waals surface area contributed by atoms with Crippen molar-refractivity contribution in [3.8, 4) is 17.1 Å². The van der Waals surface area contributed by atoms with Crippen LogP contribution in [0.1, 0.15) is 76.3 Å². The minimum absolute atomic E-state index is 0.000275. The van der Waals surface area contributed by atoms with Crippen molar-refractivity contribution in [3.63, 3.8) is 0 Å². The maximum atomic E-state index is 14.6. The van der Waals surface area contributed by atoms with Gasteiger partial charge in [0, 0.05) is 35.9 Å². The maximum absolute atomic E-state index is 14.6. The Morgan fingerprint density at radius 2 is 1.90 bits per heavy atom. The van der Waals surface area contributed by atoms with Crippen LogP contribution >= 0.6 is 11.6 Å². The molecule has 3 aromatic rings. The zero-order valence-corrected chi connectivity index (χ0v) is 30.6. The molecule has 0 spiro atoms. The Bertz CT molecular complexity index is 1900. The fraction of sp³-hybridized carbons (Fsp3) is 0.486. The lowest BCUT2D eigenvalue weighted by molar-refractivity contribution is -0.190. The minimum Gasteiger partial charge on any atom is -0.458 e. The number of ether oxygens (including phenoxy) is 4. The van der Waals surface area contributed by atoms with Gasteiger partial charge >= 0.3 is 24.0 Å². The lowest BCUT2D eigenvalue weighted by atomic mass is 9.85. The summed E-state index contributed by atoms with van der Waals surface area (Å²) in [6, 6.07) is 9.43. The normalized spacial score (nSPS) is 18.2. The Morgan fingerprint density at radius 3 is 2.55 bits per heavy atom. The second kappa shape index (κ2) is 13.6. The van der Waals surface area contributed by atoms with Crippen molar-refractivity contribution in [2.75, 3.05) is 12.4 Å². The van der Waals surface area contributed by atoms with Gasteiger partial charge in [-0.1, -0.05) is 26.1 Å². The standard InChI is InChI=1S/C35H42ClN3O9Si/c1-8-35(47-27(41)12-14-37-33(44)48-34(3,4)5)24-18-26-29-22(16-21-17-23(45-20(2)40)10-11-25(21)38-29)19-39(26)30(42)28(24)31(46-32(35)43)49(6,7)15-9-13-36/h10-11,16-18,31H,8-9,12-15,19H2,1-7H3,(H,37,44). The summed E-state index contributed by atoms with van der Waals surface area (Å²) in [6.45, 7) is 12.4. The van der Waals surface area contributed by atoms with E-state index in [1.807, 2.05) is 6.07 Å². The molecule has 1 N–H and O–H groups in total. The summed E-state index contributed by atoms with van der Waals surface area (Å²) < 4.78 is 24.2. The number of alkyl halides is 1. The predicted molar refractivity (Wildman–Crippen MR) is 185 cm³/mol. The Labute approximate surface area is 290 Å². The number of amides is 1. The van der Waals surface area contributed by atoms with Crippen molar-refractivity contribution in [1.29, 1.82) is 0 Å². The Hall–Kier alpha value is -4.23. The van der Waals surface area contributed by atoms with E-state index in [4.69, 9.17) is 35.5 Å². The molecule has 5 rings (SSSR count). The zero-order chi connectivity index (χ0) is 35.9. The number of carbonyl (C=O) groups is 4. The first-order valence-electron chi connectivity index (χ1n) is 16.4. The van der Waals surface area contributed by atoms with Crippen LogP contribution in [-0.4, -0.2) is 59.7 Å². The fourth-order valence-electron chi connectivity index (χ4n) is 6.45. The number of pyridine rings is 2. The van der Waals surface area contributed by atoms with E-state index in [9.17, 15) is 24.0 Å². The molecule has 0 bridgehead atoms. The van der Waals surface area contributed by atoms with Crippen molar-refractivity contribution in [2.45, 2.75) is 96.5 Å². The number of halogens is 1. The fourth-order valence-corrected chi connectivity index (χ4v) is 9.64. The lowest BCUT2D eigenvalue weighted by Crippen LogP contribution is -2.53. The van der Waals surface area contributed by atoms with Gasteiger partial charge in [-0.15, -0.1) is 11.6 Å². The van der Waals surface area contributed by atoms with Crippen molar-refractivity contribution in [1.82, 2.24) is 14.9 Å². The first kappa shape index (κ1) is 36.1. The molecular weight excluding hydrogens is 670 g/mol. The van der Waals surface area contributed by atoms with Crippen LogP contribution in [0.2, 0.25) is 19.1 Å². The Kier molecular flexibility index (Phi) is 10.00. The molecular formula is C35H42ClN3O9Si. The molecule has 14 heteroatoms. The van der Waals surface area contributed by atoms with Gasteiger partial charge in [0.15, 0.2) is 0 Å². The summed E-state index contributed by atoms with van der Waals surface area (Å²) in [5, 5.41) is 3.25. The first-order valence-corrected chi connectivity index (χ1v) is 20.2. The number of esters is 3. The quantitative estimate of drug-likeness (QED) is 0.0693. The average Bonchev–Trinajstić information content (AvgIpc) is 3.36. The van der Waals surface area contributed by atoms with Gasteiger partial charge in [-0.2, -0.15) is 0 Å². The van der Waals surface area contributed by atoms with Crippen LogP contribution in [0.3, 0.4) is 0 Å². The first-order chi connectivity index (χ1) is 23.0. The van der Waals surface area contributed by atoms with Crippen LogP contribution in [0.4, 0.5) is 4.79 Å². The van der Waals surface area contributed by atoms with Crippen LogP contribution in [0.5, 0.6) is 5.75 Å². The number of hydrogen-bond acceptors (Lipinski definition) is 10. The number of cyclic esters (lactones) is 1. The van der Waals surface area contributed by atoms with E-state index >= 15 is 0 Å². The molecule has 2 unspecified atom stereocenters. The number of aromatic nitrogens is 2. The van der Waals surface area contributed by atoms with Gasteiger partial charge in [-0.3, -0.25) is 14.4 Å². The third-order valence-electron chi connectivity index (χ3n) is 8.74. The maximum Gasteiger partial charge on any atom is 0.407 e. The van der Waals surface area contributed by atoms with E-state index in [0.29, 0.717) is 46.6 Å². The van der Waals surface area contributed by atoms with Crippen LogP contribution in [0, 0.1) is 0 Å². The highest BCUT2D eigenvalue weighted by Gasteiger charge is 2.56. The molecule has 2 aliphatic heterocycles. The molecule has 2 aliphatic rings. The second-order valence-corrected chi connectivity index (χ2v) is 19.5. The summed E-state index contributed by atoms with van der Waals surface area (Å²) in [6.07, 6.45) is -0.254. The van der Waals surface area contributed by atoms with E-state index in [-0.39, 0.29) is 37.1 Å². The number of hydrogen-bond donors (Lipinski definition) is 1. The van der Waals surface area contributed by atoms with Crippen LogP contribution in [0.15, 0.2) is 35.1 Å². The molecule has 0 aliphatic carbocycles. The highest BCUT2D eigenvalue weighted by Crippen LogP contribution is 2.47. The molecule has 12 nitrogen and oxygen atoms in total. The van der Waals surface area contributed by atoms with Crippen molar-refractivity contribution < 1.29 is 38.1 Å². The van der Waals surface area contributed by atoms with Gasteiger partial charge in [0.1, 0.15) is 25.2 Å². The largest absolute Gasteiger partial charge is 0.458 e. The van der Waals surface area contributed by atoms with Crippen LogP contribution < -0.4 is 15.6 Å². The molecule has 0 saturated heterocycles. The molecule has 4 heterocycles. The van der Waals surface area contributed by atoms with Gasteiger partial charge in [0.25, 0.3) is 5.56 Å². The van der Waals surface area contributed by atoms with E-state index in [1.165, 1.54) is 6.92 Å². The summed E-state index contributed by atoms with van der Waals surface area (Å²) in [5.74, 6) is -1.15. The number of carbonyl (C=O) groups excluding carboxylic acids is 4. The summed E-state index contributed by atoms with van der Waals surface area (Å²) in [4.78, 5) is 70.6. The van der Waals surface area contributed by atoms with E-state index < -0.39 is 49.0 Å². The third-order valence-corrected chi connectivity index (χ3v) is 12.5. The third kappa shape index (κ3) is 7.23. The summed E-state index contributed by atoms with van der Waals surface area (Å²) in [5.41, 5.74) is -0.773. The molecule has 0 saturated carbocycles. The Balaban J connectivity index is 1.59. The second-order valence-electron chi connectivity index (χ2n) is 14.1. The molecule has 1 amide bonds. The number of nitrogens with zero attached hydrogens (tertiary/aromatic N) is 2. The number of rotatable bonds is 10. The molecule has 0 fully saturated rings. The zero-order valence-electron chi connectivity index (χ0n) is 28.9. The Morgan fingerprint density at radius 1 is 1.16 bits per heavy atom.